The van der Waals surface area contributed by atoms with Gasteiger partial charge in [0.1, 0.15) is 11.7 Å². The van der Waals surface area contributed by atoms with Gasteiger partial charge >= 0.3 is 0 Å². The number of hydrogen-bond acceptors (Lipinski definition) is 4. The van der Waals surface area contributed by atoms with Gasteiger partial charge in [0.2, 0.25) is 5.91 Å². The normalized spacial score (nSPS) is 19.0. The Labute approximate surface area is 205 Å². The van der Waals surface area contributed by atoms with Crippen molar-refractivity contribution in [1.82, 2.24) is 10.3 Å². The van der Waals surface area contributed by atoms with Crippen LogP contribution in [0, 0.1) is 29.6 Å². The first kappa shape index (κ1) is 23.3. The van der Waals surface area contributed by atoms with Crippen molar-refractivity contribution in [2.45, 2.75) is 71.8 Å². The molecule has 0 spiro atoms. The number of benzene rings is 1. The predicted octanol–water partition coefficient (Wildman–Crippen LogP) is 4.23. The number of Topliss-reactive ketones (excluding diaryl/α,β-unsaturated/α-hetero) is 1. The summed E-state index contributed by atoms with van der Waals surface area (Å²) in [6, 6.07) is 6.91. The Hall–Kier alpha value is -3.40. The lowest BCUT2D eigenvalue weighted by Crippen LogP contribution is -2.48. The van der Waals surface area contributed by atoms with Crippen LogP contribution in [0.5, 0.6) is 0 Å². The van der Waals surface area contributed by atoms with Crippen LogP contribution in [0.4, 0.5) is 5.69 Å². The molecule has 1 saturated carbocycles. The van der Waals surface area contributed by atoms with E-state index in [0.717, 1.165) is 23.4 Å². The van der Waals surface area contributed by atoms with E-state index in [4.69, 9.17) is 0 Å². The molecule has 1 fully saturated rings. The number of H-pyrrole nitrogens is 1. The summed E-state index contributed by atoms with van der Waals surface area (Å²) in [6.45, 7) is 6.47. The van der Waals surface area contributed by atoms with E-state index in [1.54, 1.807) is 11.0 Å². The van der Waals surface area contributed by atoms with Crippen molar-refractivity contribution in [3.8, 4) is 6.07 Å². The third-order valence-corrected chi connectivity index (χ3v) is 7.66. The fourth-order valence-electron chi connectivity index (χ4n) is 5.64. The van der Waals surface area contributed by atoms with Gasteiger partial charge in [-0.25, -0.2) is 0 Å². The van der Waals surface area contributed by atoms with E-state index in [1.807, 2.05) is 19.1 Å². The molecule has 2 heterocycles. The predicted molar refractivity (Wildman–Crippen MR) is 132 cm³/mol. The number of carbonyl (C=O) groups is 3. The maximum absolute atomic E-state index is 13.7. The Balaban J connectivity index is 1.38. The smallest absolute Gasteiger partial charge is 0.268 e. The zero-order valence-corrected chi connectivity index (χ0v) is 20.7. The highest BCUT2D eigenvalue weighted by atomic mass is 16.2. The van der Waals surface area contributed by atoms with Gasteiger partial charge in [-0.3, -0.25) is 14.4 Å². The summed E-state index contributed by atoms with van der Waals surface area (Å²) in [6.07, 6.45) is 5.71. The van der Waals surface area contributed by atoms with Crippen molar-refractivity contribution >= 4 is 23.3 Å². The molecule has 1 unspecified atom stereocenters. The van der Waals surface area contributed by atoms with Crippen molar-refractivity contribution < 1.29 is 14.4 Å². The molecule has 2 aliphatic carbocycles. The molecule has 182 valence electrons. The maximum Gasteiger partial charge on any atom is 0.268 e. The molecule has 2 amide bonds. The second-order valence-electron chi connectivity index (χ2n) is 11.2. The molecular weight excluding hydrogens is 440 g/mol. The molecule has 35 heavy (non-hydrogen) atoms. The highest BCUT2D eigenvalue weighted by Crippen LogP contribution is 2.37. The van der Waals surface area contributed by atoms with E-state index in [1.165, 1.54) is 12.8 Å². The maximum atomic E-state index is 13.7. The van der Waals surface area contributed by atoms with Crippen molar-refractivity contribution in [3.63, 3.8) is 0 Å². The van der Waals surface area contributed by atoms with Crippen LogP contribution < -0.4 is 10.2 Å². The van der Waals surface area contributed by atoms with Gasteiger partial charge in [-0.2, -0.15) is 5.26 Å². The summed E-state index contributed by atoms with van der Waals surface area (Å²) in [5.41, 5.74) is 4.74. The minimum Gasteiger partial charge on any atom is -0.354 e. The SMILES string of the molecule is Cc1c(C(=O)NC(CCC2CC2)C(=O)N2CCc3cc(C#N)ccc32)[nH]c2c1C(=O)CC(C)(C)C2. The zero-order chi connectivity index (χ0) is 24.9. The number of nitrogens with one attached hydrogen (secondary N) is 2. The number of aromatic nitrogens is 1. The molecule has 0 bridgehead atoms. The molecule has 0 saturated heterocycles. The van der Waals surface area contributed by atoms with Crippen LogP contribution in [0.15, 0.2) is 18.2 Å². The van der Waals surface area contributed by atoms with Gasteiger partial charge in [0, 0.05) is 29.9 Å². The molecule has 2 N–H and O–H groups in total. The molecule has 1 atom stereocenters. The van der Waals surface area contributed by atoms with Crippen molar-refractivity contribution in [3.05, 3.63) is 51.8 Å². The number of ketones is 1. The average molecular weight is 473 g/mol. The number of nitriles is 1. The monoisotopic (exact) mass is 472 g/mol. The first-order chi connectivity index (χ1) is 16.7. The number of amides is 2. The van der Waals surface area contributed by atoms with E-state index in [2.05, 4.69) is 30.2 Å². The van der Waals surface area contributed by atoms with E-state index in [-0.39, 0.29) is 23.0 Å². The molecule has 1 aromatic carbocycles. The van der Waals surface area contributed by atoms with E-state index < -0.39 is 6.04 Å². The molecule has 0 radical (unpaired) electrons. The summed E-state index contributed by atoms with van der Waals surface area (Å²) in [4.78, 5) is 44.8. The second-order valence-corrected chi connectivity index (χ2v) is 11.2. The number of rotatable bonds is 6. The molecule has 7 heteroatoms. The number of anilines is 1. The number of fused-ring (bicyclic) bond motifs is 2. The number of carbonyl (C=O) groups excluding carboxylic acids is 3. The number of nitrogens with zero attached hydrogens (tertiary/aromatic N) is 2. The Morgan fingerprint density at radius 2 is 2.06 bits per heavy atom. The number of aromatic amines is 1. The first-order valence-electron chi connectivity index (χ1n) is 12.6. The van der Waals surface area contributed by atoms with Gasteiger partial charge < -0.3 is 15.2 Å². The molecule has 2 aromatic rings. The first-order valence-corrected chi connectivity index (χ1v) is 12.6. The molecule has 3 aliphatic rings. The van der Waals surface area contributed by atoms with Crippen LogP contribution in [0.2, 0.25) is 0 Å². The van der Waals surface area contributed by atoms with E-state index in [9.17, 15) is 19.6 Å². The third-order valence-electron chi connectivity index (χ3n) is 7.66. The summed E-state index contributed by atoms with van der Waals surface area (Å²) < 4.78 is 0. The number of hydrogen-bond donors (Lipinski definition) is 2. The standard InChI is InChI=1S/C28H32N4O3/c1-16-24-21(13-28(2,3)14-23(24)33)30-25(16)26(34)31-20(8-6-17-4-5-17)27(35)32-11-10-19-12-18(15-29)7-9-22(19)32/h7,9,12,17,20,30H,4-6,8,10-11,13-14H2,1-3H3,(H,31,34). The van der Waals surface area contributed by atoms with Gasteiger partial charge in [0.25, 0.3) is 5.91 Å². The summed E-state index contributed by atoms with van der Waals surface area (Å²) in [7, 11) is 0. The van der Waals surface area contributed by atoms with Crippen LogP contribution in [-0.4, -0.2) is 35.2 Å². The van der Waals surface area contributed by atoms with Gasteiger partial charge in [0.05, 0.1) is 11.6 Å². The van der Waals surface area contributed by atoms with Crippen LogP contribution in [-0.2, 0) is 17.6 Å². The lowest BCUT2D eigenvalue weighted by molar-refractivity contribution is -0.120. The quantitative estimate of drug-likeness (QED) is 0.656. The van der Waals surface area contributed by atoms with Crippen molar-refractivity contribution in [2.75, 3.05) is 11.4 Å². The van der Waals surface area contributed by atoms with E-state index in [0.29, 0.717) is 60.5 Å². The van der Waals surface area contributed by atoms with Crippen molar-refractivity contribution in [1.29, 1.82) is 5.26 Å². The zero-order valence-electron chi connectivity index (χ0n) is 20.7. The topological polar surface area (TPSA) is 106 Å². The Morgan fingerprint density at radius 1 is 1.29 bits per heavy atom. The highest BCUT2D eigenvalue weighted by molar-refractivity contribution is 6.06. The largest absolute Gasteiger partial charge is 0.354 e. The Bertz CT molecular complexity index is 1260. The molecular formula is C28H32N4O3. The molecule has 1 aliphatic heterocycles. The van der Waals surface area contributed by atoms with Crippen LogP contribution in [0.3, 0.4) is 0 Å². The minimum atomic E-state index is -0.642. The third kappa shape index (κ3) is 4.50. The Morgan fingerprint density at radius 3 is 2.77 bits per heavy atom. The van der Waals surface area contributed by atoms with Crippen molar-refractivity contribution in [2.24, 2.45) is 11.3 Å². The lowest BCUT2D eigenvalue weighted by Gasteiger charge is -2.28. The molecule has 5 rings (SSSR count). The summed E-state index contributed by atoms with van der Waals surface area (Å²) in [5, 5.41) is 12.2. The molecule has 7 nitrogen and oxygen atoms in total. The molecule has 1 aromatic heterocycles. The van der Waals surface area contributed by atoms with Crippen LogP contribution >= 0.6 is 0 Å². The van der Waals surface area contributed by atoms with Crippen LogP contribution in [0.25, 0.3) is 0 Å². The average Bonchev–Trinajstić information content (AvgIpc) is 3.45. The Kier molecular flexibility index (Phi) is 5.79. The summed E-state index contributed by atoms with van der Waals surface area (Å²) in [5.74, 6) is 0.242. The van der Waals surface area contributed by atoms with Gasteiger partial charge in [-0.05, 0) is 73.3 Å². The van der Waals surface area contributed by atoms with Crippen LogP contribution in [0.1, 0.15) is 89.2 Å². The second kappa shape index (κ2) is 8.67. The summed E-state index contributed by atoms with van der Waals surface area (Å²) >= 11 is 0. The van der Waals surface area contributed by atoms with Gasteiger partial charge in [-0.15, -0.1) is 0 Å². The van der Waals surface area contributed by atoms with Gasteiger partial charge in [-0.1, -0.05) is 26.7 Å². The lowest BCUT2D eigenvalue weighted by atomic mass is 9.75. The minimum absolute atomic E-state index is 0.0656. The van der Waals surface area contributed by atoms with E-state index >= 15 is 0 Å². The fourth-order valence-corrected chi connectivity index (χ4v) is 5.64. The fraction of sp³-hybridized carbons (Fsp3) is 0.500. The van der Waals surface area contributed by atoms with Gasteiger partial charge in [0.15, 0.2) is 5.78 Å². The highest BCUT2D eigenvalue weighted by Gasteiger charge is 2.37.